The molecule has 0 aliphatic rings. The third-order valence-electron chi connectivity index (χ3n) is 2.28. The van der Waals surface area contributed by atoms with Crippen LogP contribution in [0.4, 0.5) is 8.78 Å². The van der Waals surface area contributed by atoms with E-state index < -0.39 is 11.6 Å². The first kappa shape index (κ1) is 13.6. The molecular weight excluding hydrogens is 224 g/mol. The maximum absolute atomic E-state index is 13.4. The SMILES string of the molecule is C/C=C/C(CCNC)Oc1cccc(F)c1F. The highest BCUT2D eigenvalue weighted by atomic mass is 19.2. The summed E-state index contributed by atoms with van der Waals surface area (Å²) in [5.74, 6) is -1.88. The second-order valence-corrected chi connectivity index (χ2v) is 3.63. The topological polar surface area (TPSA) is 21.3 Å². The van der Waals surface area contributed by atoms with Crippen LogP contribution in [0.2, 0.25) is 0 Å². The van der Waals surface area contributed by atoms with Crippen molar-refractivity contribution in [3.05, 3.63) is 42.0 Å². The zero-order chi connectivity index (χ0) is 12.7. The molecule has 2 nitrogen and oxygen atoms in total. The predicted octanol–water partition coefficient (Wildman–Crippen LogP) is 2.90. The van der Waals surface area contributed by atoms with E-state index in [9.17, 15) is 8.78 Å². The van der Waals surface area contributed by atoms with Gasteiger partial charge in [0.25, 0.3) is 0 Å². The van der Waals surface area contributed by atoms with Crippen LogP contribution in [0.1, 0.15) is 13.3 Å². The van der Waals surface area contributed by atoms with Crippen LogP contribution in [0, 0.1) is 11.6 Å². The van der Waals surface area contributed by atoms with Crippen LogP contribution in [0.5, 0.6) is 5.75 Å². The van der Waals surface area contributed by atoms with Crippen LogP contribution in [0.15, 0.2) is 30.4 Å². The van der Waals surface area contributed by atoms with Crippen molar-refractivity contribution in [1.82, 2.24) is 5.32 Å². The molecule has 0 aliphatic heterocycles. The summed E-state index contributed by atoms with van der Waals surface area (Å²) >= 11 is 0. The Kier molecular flexibility index (Phi) is 5.63. The average Bonchev–Trinajstić information content (AvgIpc) is 2.32. The molecule has 94 valence electrons. The van der Waals surface area contributed by atoms with E-state index in [0.717, 1.165) is 12.6 Å². The predicted molar refractivity (Wildman–Crippen MR) is 64.1 cm³/mol. The molecule has 0 amide bonds. The number of allylic oxidation sites excluding steroid dienone is 1. The van der Waals surface area contributed by atoms with Gasteiger partial charge >= 0.3 is 0 Å². The summed E-state index contributed by atoms with van der Waals surface area (Å²) in [6, 6.07) is 3.92. The molecule has 1 aromatic rings. The fourth-order valence-electron chi connectivity index (χ4n) is 1.43. The smallest absolute Gasteiger partial charge is 0.200 e. The van der Waals surface area contributed by atoms with Crippen molar-refractivity contribution in [3.63, 3.8) is 0 Å². The second-order valence-electron chi connectivity index (χ2n) is 3.63. The van der Waals surface area contributed by atoms with Crippen molar-refractivity contribution in [1.29, 1.82) is 0 Å². The molecule has 1 unspecified atom stereocenters. The van der Waals surface area contributed by atoms with Gasteiger partial charge in [0.2, 0.25) is 5.82 Å². The summed E-state index contributed by atoms with van der Waals surface area (Å²) in [4.78, 5) is 0. The van der Waals surface area contributed by atoms with Crippen molar-refractivity contribution in [2.45, 2.75) is 19.4 Å². The Hall–Kier alpha value is -1.42. The quantitative estimate of drug-likeness (QED) is 0.773. The van der Waals surface area contributed by atoms with Crippen molar-refractivity contribution in [2.24, 2.45) is 0 Å². The third-order valence-corrected chi connectivity index (χ3v) is 2.28. The Labute approximate surface area is 100 Å². The second kappa shape index (κ2) is 7.01. The van der Waals surface area contributed by atoms with E-state index in [2.05, 4.69) is 5.32 Å². The first-order chi connectivity index (χ1) is 8.19. The van der Waals surface area contributed by atoms with Gasteiger partial charge < -0.3 is 10.1 Å². The Morgan fingerprint density at radius 1 is 1.41 bits per heavy atom. The van der Waals surface area contributed by atoms with E-state index in [0.29, 0.717) is 6.42 Å². The minimum absolute atomic E-state index is 0.0517. The zero-order valence-electron chi connectivity index (χ0n) is 10.0. The lowest BCUT2D eigenvalue weighted by Crippen LogP contribution is -2.21. The number of ether oxygens (including phenoxy) is 1. The normalized spacial score (nSPS) is 12.9. The molecule has 1 atom stereocenters. The van der Waals surface area contributed by atoms with Crippen LogP contribution in [-0.4, -0.2) is 19.7 Å². The summed E-state index contributed by atoms with van der Waals surface area (Å²) in [6.07, 6.45) is 4.08. The van der Waals surface area contributed by atoms with E-state index in [1.165, 1.54) is 12.1 Å². The fourth-order valence-corrected chi connectivity index (χ4v) is 1.43. The number of benzene rings is 1. The zero-order valence-corrected chi connectivity index (χ0v) is 10.0. The van der Waals surface area contributed by atoms with Crippen molar-refractivity contribution in [2.75, 3.05) is 13.6 Å². The summed E-state index contributed by atoms with van der Waals surface area (Å²) < 4.78 is 31.8. The Morgan fingerprint density at radius 2 is 2.18 bits per heavy atom. The Morgan fingerprint density at radius 3 is 2.82 bits per heavy atom. The standard InChI is InChI=1S/C13H17F2NO/c1-3-5-10(8-9-16-2)17-12-7-4-6-11(14)13(12)15/h3-7,10,16H,8-9H2,1-2H3/b5-3+. The molecule has 0 bridgehead atoms. The van der Waals surface area contributed by atoms with Crippen LogP contribution < -0.4 is 10.1 Å². The highest BCUT2D eigenvalue weighted by Gasteiger charge is 2.12. The van der Waals surface area contributed by atoms with Gasteiger partial charge in [-0.05, 0) is 38.7 Å². The largest absolute Gasteiger partial charge is 0.483 e. The molecule has 0 spiro atoms. The van der Waals surface area contributed by atoms with Crippen LogP contribution in [-0.2, 0) is 0 Å². The van der Waals surface area contributed by atoms with E-state index in [-0.39, 0.29) is 11.9 Å². The first-order valence-electron chi connectivity index (χ1n) is 5.57. The molecule has 0 saturated heterocycles. The van der Waals surface area contributed by atoms with Gasteiger partial charge in [-0.15, -0.1) is 0 Å². The molecule has 0 aliphatic carbocycles. The first-order valence-corrected chi connectivity index (χ1v) is 5.57. The van der Waals surface area contributed by atoms with Crippen LogP contribution in [0.25, 0.3) is 0 Å². The van der Waals surface area contributed by atoms with E-state index in [1.807, 2.05) is 26.1 Å². The van der Waals surface area contributed by atoms with Gasteiger partial charge in [0, 0.05) is 6.42 Å². The molecule has 17 heavy (non-hydrogen) atoms. The molecule has 4 heteroatoms. The number of rotatable bonds is 6. The maximum Gasteiger partial charge on any atom is 0.200 e. The number of halogens is 2. The van der Waals surface area contributed by atoms with E-state index >= 15 is 0 Å². The summed E-state index contributed by atoms with van der Waals surface area (Å²) in [5, 5.41) is 2.99. The van der Waals surface area contributed by atoms with Gasteiger partial charge in [0.05, 0.1) is 0 Å². The van der Waals surface area contributed by atoms with Gasteiger partial charge in [-0.25, -0.2) is 4.39 Å². The van der Waals surface area contributed by atoms with Gasteiger partial charge in [-0.1, -0.05) is 12.1 Å². The lowest BCUT2D eigenvalue weighted by Gasteiger charge is -2.16. The summed E-state index contributed by atoms with van der Waals surface area (Å²) in [7, 11) is 1.83. The number of hydrogen-bond donors (Lipinski definition) is 1. The maximum atomic E-state index is 13.4. The number of nitrogens with one attached hydrogen (secondary N) is 1. The summed E-state index contributed by atoms with van der Waals surface area (Å²) in [5.41, 5.74) is 0. The molecule has 0 saturated carbocycles. The van der Waals surface area contributed by atoms with Crippen molar-refractivity contribution < 1.29 is 13.5 Å². The molecule has 0 heterocycles. The van der Waals surface area contributed by atoms with Gasteiger partial charge in [-0.2, -0.15) is 4.39 Å². The lowest BCUT2D eigenvalue weighted by atomic mass is 10.2. The molecule has 1 N–H and O–H groups in total. The minimum Gasteiger partial charge on any atom is -0.483 e. The molecular formula is C13H17F2NO. The molecule has 1 rings (SSSR count). The average molecular weight is 241 g/mol. The monoisotopic (exact) mass is 241 g/mol. The van der Waals surface area contributed by atoms with Crippen molar-refractivity contribution >= 4 is 0 Å². The van der Waals surface area contributed by atoms with Crippen molar-refractivity contribution in [3.8, 4) is 5.75 Å². The number of hydrogen-bond acceptors (Lipinski definition) is 2. The summed E-state index contributed by atoms with van der Waals surface area (Å²) in [6.45, 7) is 2.60. The van der Waals surface area contributed by atoms with Gasteiger partial charge in [-0.3, -0.25) is 0 Å². The van der Waals surface area contributed by atoms with E-state index in [4.69, 9.17) is 4.74 Å². The highest BCUT2D eigenvalue weighted by molar-refractivity contribution is 5.25. The van der Waals surface area contributed by atoms with E-state index in [1.54, 1.807) is 0 Å². The third kappa shape index (κ3) is 4.15. The molecule has 1 aromatic carbocycles. The Bertz CT molecular complexity index is 380. The van der Waals surface area contributed by atoms with Gasteiger partial charge in [0.1, 0.15) is 6.10 Å². The van der Waals surface area contributed by atoms with Crippen LogP contribution in [0.3, 0.4) is 0 Å². The molecule has 0 fully saturated rings. The molecule has 0 aromatic heterocycles. The highest BCUT2D eigenvalue weighted by Crippen LogP contribution is 2.21. The minimum atomic E-state index is -0.938. The molecule has 0 radical (unpaired) electrons. The lowest BCUT2D eigenvalue weighted by molar-refractivity contribution is 0.224. The fraction of sp³-hybridized carbons (Fsp3) is 0.385. The van der Waals surface area contributed by atoms with Crippen LogP contribution >= 0.6 is 0 Å². The van der Waals surface area contributed by atoms with Gasteiger partial charge in [0.15, 0.2) is 11.6 Å². The Balaban J connectivity index is 2.74.